The van der Waals surface area contributed by atoms with Crippen LogP contribution in [0.2, 0.25) is 10.3 Å². The first-order valence-electron chi connectivity index (χ1n) is 12.8. The van der Waals surface area contributed by atoms with Gasteiger partial charge in [-0.2, -0.15) is 0 Å². The van der Waals surface area contributed by atoms with Crippen molar-refractivity contribution in [3.63, 3.8) is 0 Å². The number of Topliss-reactive ketones (excluding diaryl/α,β-unsaturated/α-hetero) is 1. The van der Waals surface area contributed by atoms with Crippen LogP contribution in [0.3, 0.4) is 0 Å². The molecule has 0 bridgehead atoms. The monoisotopic (exact) mass is 582 g/mol. The van der Waals surface area contributed by atoms with E-state index in [-0.39, 0.29) is 18.0 Å². The molecular weight excluding hydrogens is 547 g/mol. The van der Waals surface area contributed by atoms with Crippen molar-refractivity contribution in [2.24, 2.45) is 0 Å². The van der Waals surface area contributed by atoms with Gasteiger partial charge in [-0.05, 0) is 51.0 Å². The number of nitrogens with zero attached hydrogens (tertiary/aromatic N) is 4. The molecule has 2 fully saturated rings. The average molecular weight is 584 g/mol. The van der Waals surface area contributed by atoms with Gasteiger partial charge in [-0.15, -0.1) is 0 Å². The second-order valence-electron chi connectivity index (χ2n) is 8.55. The van der Waals surface area contributed by atoms with Gasteiger partial charge in [0.15, 0.2) is 10.3 Å². The van der Waals surface area contributed by atoms with Crippen molar-refractivity contribution in [3.05, 3.63) is 47.0 Å². The highest BCUT2D eigenvalue weighted by Gasteiger charge is 2.24. The molecular formula is C26H36Cl2N6O5. The third-order valence-electron chi connectivity index (χ3n) is 5.77. The second kappa shape index (κ2) is 17.3. The third-order valence-corrected chi connectivity index (χ3v) is 6.39. The molecule has 0 saturated carbocycles. The van der Waals surface area contributed by atoms with Gasteiger partial charge in [0, 0.05) is 57.5 Å². The molecule has 0 aliphatic carbocycles. The lowest BCUT2D eigenvalue weighted by Crippen LogP contribution is -2.42. The first-order chi connectivity index (χ1) is 18.7. The number of nitrogens with two attached hydrogens (primary N) is 1. The van der Waals surface area contributed by atoms with Crippen LogP contribution in [0.5, 0.6) is 0 Å². The molecule has 2 saturated heterocycles. The topological polar surface area (TPSA) is 140 Å². The van der Waals surface area contributed by atoms with Gasteiger partial charge in [0.05, 0.1) is 24.6 Å². The number of carbonyl (C=O) groups excluding carboxylic acids is 3. The highest BCUT2D eigenvalue weighted by atomic mass is 35.5. The molecule has 2 aliphatic rings. The molecule has 0 radical (unpaired) electrons. The van der Waals surface area contributed by atoms with E-state index in [9.17, 15) is 14.4 Å². The minimum atomic E-state index is -0.301. The van der Waals surface area contributed by atoms with E-state index in [2.05, 4.69) is 15.3 Å². The van der Waals surface area contributed by atoms with Crippen molar-refractivity contribution in [1.82, 2.24) is 19.8 Å². The van der Waals surface area contributed by atoms with Crippen molar-refractivity contribution in [1.29, 1.82) is 0 Å². The summed E-state index contributed by atoms with van der Waals surface area (Å²) in [5.74, 6) is 0.232. The van der Waals surface area contributed by atoms with Gasteiger partial charge in [-0.1, -0.05) is 23.2 Å². The van der Waals surface area contributed by atoms with Crippen molar-refractivity contribution in [3.8, 4) is 0 Å². The van der Waals surface area contributed by atoms with E-state index in [4.69, 9.17) is 38.4 Å². The SMILES string of the molecule is CCOC(=O)N1CCC(=O)CC1.CCOC(=O)N1CCC(Nc2cccnc2Cl)CC1.Nc1cccnc1Cl. The van der Waals surface area contributed by atoms with Crippen LogP contribution in [0.15, 0.2) is 36.7 Å². The van der Waals surface area contributed by atoms with Crippen LogP contribution in [-0.2, 0) is 14.3 Å². The zero-order chi connectivity index (χ0) is 28.6. The largest absolute Gasteiger partial charge is 0.450 e. The number of halogens is 2. The molecule has 11 nitrogen and oxygen atoms in total. The summed E-state index contributed by atoms with van der Waals surface area (Å²) < 4.78 is 9.78. The number of rotatable bonds is 4. The summed E-state index contributed by atoms with van der Waals surface area (Å²) in [5.41, 5.74) is 6.69. The van der Waals surface area contributed by atoms with Gasteiger partial charge in [-0.3, -0.25) is 4.79 Å². The number of amides is 2. The van der Waals surface area contributed by atoms with Crippen molar-refractivity contribution < 1.29 is 23.9 Å². The Morgan fingerprint density at radius 2 is 1.44 bits per heavy atom. The van der Waals surface area contributed by atoms with Crippen LogP contribution in [0.25, 0.3) is 0 Å². The number of hydrogen-bond acceptors (Lipinski definition) is 9. The molecule has 2 aromatic heterocycles. The lowest BCUT2D eigenvalue weighted by molar-refractivity contribution is -0.121. The second-order valence-corrected chi connectivity index (χ2v) is 9.27. The van der Waals surface area contributed by atoms with Gasteiger partial charge < -0.3 is 30.3 Å². The standard InChI is InChI=1S/C13H18ClN3O2.C8H13NO3.C5H5ClN2/c1-2-19-13(18)17-8-5-10(6-9-17)16-11-4-3-7-15-12(11)14;1-2-12-8(11)9-5-3-7(10)4-6-9;6-5-4(7)2-1-3-8-5/h3-4,7,10,16H,2,5-6,8-9H2,1H3;2-6H2,1H3;1-3H,7H2. The summed E-state index contributed by atoms with van der Waals surface area (Å²) in [4.78, 5) is 44.5. The van der Waals surface area contributed by atoms with Crippen molar-refractivity contribution in [2.75, 3.05) is 50.4 Å². The molecule has 13 heteroatoms. The number of likely N-dealkylation sites (tertiary alicyclic amines) is 2. The molecule has 0 aromatic carbocycles. The van der Waals surface area contributed by atoms with E-state index in [1.807, 2.05) is 19.1 Å². The first kappa shape index (κ1) is 31.9. The van der Waals surface area contributed by atoms with Gasteiger partial charge >= 0.3 is 12.2 Å². The Labute approximate surface area is 238 Å². The number of aromatic nitrogens is 2. The maximum Gasteiger partial charge on any atom is 0.409 e. The number of piperidine rings is 2. The lowest BCUT2D eigenvalue weighted by atomic mass is 10.1. The zero-order valence-electron chi connectivity index (χ0n) is 22.3. The van der Waals surface area contributed by atoms with Crippen LogP contribution in [0.4, 0.5) is 21.0 Å². The van der Waals surface area contributed by atoms with Crippen molar-refractivity contribution in [2.45, 2.75) is 45.6 Å². The van der Waals surface area contributed by atoms with Crippen LogP contribution in [0, 0.1) is 0 Å². The smallest absolute Gasteiger partial charge is 0.409 e. The minimum Gasteiger partial charge on any atom is -0.450 e. The summed E-state index contributed by atoms with van der Waals surface area (Å²) in [6.07, 6.45) is 5.44. The number of nitrogens with one attached hydrogen (secondary N) is 1. The molecule has 0 spiro atoms. The predicted octanol–water partition coefficient (Wildman–Crippen LogP) is 4.89. The van der Waals surface area contributed by atoms with Gasteiger partial charge in [0.25, 0.3) is 0 Å². The summed E-state index contributed by atoms with van der Waals surface area (Å²) in [6, 6.07) is 7.51. The van der Waals surface area contributed by atoms with Crippen molar-refractivity contribution >= 4 is 52.5 Å². The molecule has 2 amide bonds. The fourth-order valence-corrected chi connectivity index (χ4v) is 3.98. The van der Waals surface area contributed by atoms with E-state index >= 15 is 0 Å². The number of anilines is 2. The molecule has 2 aromatic rings. The summed E-state index contributed by atoms with van der Waals surface area (Å²) in [6.45, 7) is 6.83. The Hall–Kier alpha value is -3.31. The maximum atomic E-state index is 11.6. The van der Waals surface area contributed by atoms with E-state index in [0.29, 0.717) is 74.3 Å². The minimum absolute atomic E-state index is 0.222. The molecule has 3 N–H and O–H groups in total. The van der Waals surface area contributed by atoms with E-state index in [1.165, 1.54) is 0 Å². The Morgan fingerprint density at radius 3 is 1.90 bits per heavy atom. The van der Waals surface area contributed by atoms with Crippen LogP contribution >= 0.6 is 23.2 Å². The van der Waals surface area contributed by atoms with Crippen LogP contribution < -0.4 is 11.1 Å². The Bertz CT molecular complexity index is 1040. The maximum absolute atomic E-state index is 11.6. The van der Waals surface area contributed by atoms with Gasteiger partial charge in [0.2, 0.25) is 0 Å². The van der Waals surface area contributed by atoms with Crippen LogP contribution in [-0.4, -0.2) is 83.2 Å². The predicted molar refractivity (Wildman–Crippen MR) is 151 cm³/mol. The van der Waals surface area contributed by atoms with E-state index in [1.54, 1.807) is 41.2 Å². The molecule has 2 aliphatic heterocycles. The summed E-state index contributed by atoms with van der Waals surface area (Å²) >= 11 is 11.5. The quantitative estimate of drug-likeness (QED) is 0.482. The summed E-state index contributed by atoms with van der Waals surface area (Å²) in [7, 11) is 0. The number of pyridine rings is 2. The van der Waals surface area contributed by atoms with Gasteiger partial charge in [-0.25, -0.2) is 19.6 Å². The zero-order valence-corrected chi connectivity index (χ0v) is 23.8. The highest BCUT2D eigenvalue weighted by molar-refractivity contribution is 6.32. The lowest BCUT2D eigenvalue weighted by Gasteiger charge is -2.32. The molecule has 0 unspecified atom stereocenters. The fourth-order valence-electron chi connectivity index (χ4n) is 3.69. The molecule has 4 rings (SSSR count). The fraction of sp³-hybridized carbons (Fsp3) is 0.500. The van der Waals surface area contributed by atoms with E-state index < -0.39 is 0 Å². The van der Waals surface area contributed by atoms with Crippen LogP contribution in [0.1, 0.15) is 39.5 Å². The number of ether oxygens (including phenoxy) is 2. The molecule has 39 heavy (non-hydrogen) atoms. The number of hydrogen-bond donors (Lipinski definition) is 2. The number of nitrogen functional groups attached to an aromatic ring is 1. The Kier molecular flexibility index (Phi) is 14.2. The molecule has 0 atom stereocenters. The summed E-state index contributed by atoms with van der Waals surface area (Å²) in [5, 5.41) is 4.22. The van der Waals surface area contributed by atoms with Gasteiger partial charge in [0.1, 0.15) is 5.78 Å². The highest BCUT2D eigenvalue weighted by Crippen LogP contribution is 2.22. The first-order valence-corrected chi connectivity index (χ1v) is 13.6. The molecule has 214 valence electrons. The Balaban J connectivity index is 0.000000227. The van der Waals surface area contributed by atoms with E-state index in [0.717, 1.165) is 18.5 Å². The third kappa shape index (κ3) is 11.5. The Morgan fingerprint density at radius 1 is 0.923 bits per heavy atom. The number of carbonyl (C=O) groups is 3. The normalized spacial score (nSPS) is 15.2. The number of ketones is 1. The molecule has 4 heterocycles. The average Bonchev–Trinajstić information content (AvgIpc) is 2.93.